The summed E-state index contributed by atoms with van der Waals surface area (Å²) in [4.78, 5) is 14.1. The van der Waals surface area contributed by atoms with Gasteiger partial charge >= 0.3 is 0 Å². The quantitative estimate of drug-likeness (QED) is 0.684. The van der Waals surface area contributed by atoms with Crippen LogP contribution in [0.5, 0.6) is 0 Å². The number of halogens is 3. The van der Waals surface area contributed by atoms with Gasteiger partial charge in [-0.3, -0.25) is 0 Å². The van der Waals surface area contributed by atoms with E-state index in [-0.39, 0.29) is 12.8 Å². The van der Waals surface area contributed by atoms with Crippen LogP contribution in [0.15, 0.2) is 0 Å². The third-order valence-electron chi connectivity index (χ3n) is 4.86. The van der Waals surface area contributed by atoms with Crippen LogP contribution in [0.25, 0.3) is 10.3 Å². The molecule has 5 nitrogen and oxygen atoms in total. The average Bonchev–Trinajstić information content (AvgIpc) is 3.06. The zero-order chi connectivity index (χ0) is 19.3. The summed E-state index contributed by atoms with van der Waals surface area (Å²) in [5.74, 6) is -1.58. The van der Waals surface area contributed by atoms with Gasteiger partial charge in [-0.15, -0.1) is 0 Å². The molecule has 1 saturated heterocycles. The first-order chi connectivity index (χ1) is 13.0. The van der Waals surface area contributed by atoms with Crippen molar-refractivity contribution in [2.24, 2.45) is 0 Å². The van der Waals surface area contributed by atoms with Crippen LogP contribution in [-0.2, 0) is 6.42 Å². The van der Waals surface area contributed by atoms with Crippen LogP contribution in [0.4, 0.5) is 14.6 Å². The maximum Gasteiger partial charge on any atom is 0.250 e. The van der Waals surface area contributed by atoms with Crippen LogP contribution in [0.1, 0.15) is 56.9 Å². The van der Waals surface area contributed by atoms with E-state index in [0.717, 1.165) is 27.6 Å². The van der Waals surface area contributed by atoms with E-state index in [1.807, 2.05) is 0 Å². The molecule has 4 rings (SSSR count). The molecule has 1 aliphatic heterocycles. The molecule has 27 heavy (non-hydrogen) atoms. The fraction of sp³-hybridized carbons (Fsp3) is 0.722. The van der Waals surface area contributed by atoms with Crippen molar-refractivity contribution in [1.29, 1.82) is 0 Å². The van der Waals surface area contributed by atoms with Crippen molar-refractivity contribution in [3.63, 3.8) is 0 Å². The van der Waals surface area contributed by atoms with Crippen LogP contribution in [0, 0.1) is 0 Å². The molecule has 9 heteroatoms. The highest BCUT2D eigenvalue weighted by Crippen LogP contribution is 2.29. The van der Waals surface area contributed by atoms with Crippen LogP contribution in [-0.4, -0.2) is 40.0 Å². The number of hydrogen-bond donors (Lipinski definition) is 2. The highest BCUT2D eigenvalue weighted by Gasteiger charge is 2.30. The van der Waals surface area contributed by atoms with Gasteiger partial charge in [0.25, 0.3) is 5.92 Å². The van der Waals surface area contributed by atoms with Gasteiger partial charge in [-0.1, -0.05) is 37.5 Å². The van der Waals surface area contributed by atoms with E-state index in [0.29, 0.717) is 24.4 Å². The minimum Gasteiger partial charge on any atom is -0.365 e. The Morgan fingerprint density at radius 2 is 1.85 bits per heavy atom. The zero-order valence-electron chi connectivity index (χ0n) is 15.5. The third kappa shape index (κ3) is 5.93. The summed E-state index contributed by atoms with van der Waals surface area (Å²) < 4.78 is 24.3. The number of rotatable bonds is 3. The first-order valence-electron chi connectivity index (χ1n) is 9.65. The van der Waals surface area contributed by atoms with Gasteiger partial charge in [0, 0.05) is 32.0 Å². The predicted octanol–water partition coefficient (Wildman–Crippen LogP) is 5.05. The molecule has 2 fully saturated rings. The number of nitrogens with zero attached hydrogens (tertiary/aromatic N) is 3. The summed E-state index contributed by atoms with van der Waals surface area (Å²) in [7, 11) is 0. The van der Waals surface area contributed by atoms with Crippen LogP contribution >= 0.6 is 22.9 Å². The van der Waals surface area contributed by atoms with Gasteiger partial charge in [0.1, 0.15) is 5.52 Å². The molecule has 0 spiro atoms. The molecule has 2 aromatic heterocycles. The van der Waals surface area contributed by atoms with Crippen molar-refractivity contribution < 1.29 is 8.78 Å². The second-order valence-electron chi connectivity index (χ2n) is 7.04. The first-order valence-corrected chi connectivity index (χ1v) is 10.8. The molecule has 0 unspecified atom stereocenters. The first kappa shape index (κ1) is 20.6. The van der Waals surface area contributed by atoms with Gasteiger partial charge in [0.2, 0.25) is 5.28 Å². The van der Waals surface area contributed by atoms with Crippen molar-refractivity contribution >= 4 is 39.1 Å². The Morgan fingerprint density at radius 3 is 2.44 bits per heavy atom. The van der Waals surface area contributed by atoms with E-state index in [4.69, 9.17) is 11.6 Å². The third-order valence-corrected chi connectivity index (χ3v) is 6.12. The minimum absolute atomic E-state index is 0.00694. The SMILES string of the molecule is CCc1nc2c(NC3CCCCC3)nc(Cl)nc2s1.FC1(F)CCNCC1. The lowest BCUT2D eigenvalue weighted by Gasteiger charge is -2.23. The maximum atomic E-state index is 12.2. The summed E-state index contributed by atoms with van der Waals surface area (Å²) in [6, 6.07) is 0.495. The molecule has 2 N–H and O–H groups in total. The maximum absolute atomic E-state index is 12.2. The fourth-order valence-electron chi connectivity index (χ4n) is 3.32. The van der Waals surface area contributed by atoms with E-state index in [9.17, 15) is 8.78 Å². The molecule has 2 aromatic rings. The van der Waals surface area contributed by atoms with Gasteiger partial charge in [0.15, 0.2) is 10.6 Å². The average molecular weight is 418 g/mol. The number of thiazole rings is 1. The Balaban J connectivity index is 0.000000221. The van der Waals surface area contributed by atoms with E-state index >= 15 is 0 Å². The van der Waals surface area contributed by atoms with E-state index in [1.54, 1.807) is 11.3 Å². The van der Waals surface area contributed by atoms with Crippen molar-refractivity contribution in [3.05, 3.63) is 10.3 Å². The summed E-state index contributed by atoms with van der Waals surface area (Å²) in [6.45, 7) is 3.03. The van der Waals surface area contributed by atoms with Crippen LogP contribution < -0.4 is 10.6 Å². The largest absolute Gasteiger partial charge is 0.365 e. The Morgan fingerprint density at radius 1 is 1.15 bits per heavy atom. The lowest BCUT2D eigenvalue weighted by molar-refractivity contribution is -0.0274. The fourth-order valence-corrected chi connectivity index (χ4v) is 4.42. The number of aryl methyl sites for hydroxylation is 1. The highest BCUT2D eigenvalue weighted by molar-refractivity contribution is 7.18. The standard InChI is InChI=1S/C13H17ClN4S.C5H9F2N/c1-2-9-16-10-11(15-8-6-4-3-5-7-8)17-13(14)18-12(10)19-9;6-5(7)1-3-8-4-2-5/h8H,2-7H2,1H3,(H,15,17,18);8H,1-4H2. The Bertz CT molecular complexity index is 741. The molecule has 1 aliphatic carbocycles. The van der Waals surface area contributed by atoms with Crippen LogP contribution in [0.2, 0.25) is 5.28 Å². The number of fused-ring (bicyclic) bond motifs is 1. The summed E-state index contributed by atoms with van der Waals surface area (Å²) in [5, 5.41) is 7.76. The number of anilines is 1. The normalized spacial score (nSPS) is 20.1. The summed E-state index contributed by atoms with van der Waals surface area (Å²) in [5.41, 5.74) is 0.872. The van der Waals surface area contributed by atoms with Crippen LogP contribution in [0.3, 0.4) is 0 Å². The monoisotopic (exact) mass is 417 g/mol. The molecule has 0 bridgehead atoms. The predicted molar refractivity (Wildman–Crippen MR) is 107 cm³/mol. The molecule has 0 amide bonds. The highest BCUT2D eigenvalue weighted by atomic mass is 35.5. The van der Waals surface area contributed by atoms with E-state index in [1.165, 1.54) is 32.1 Å². The molecule has 2 aliphatic rings. The van der Waals surface area contributed by atoms with Crippen molar-refractivity contribution in [2.75, 3.05) is 18.4 Å². The molecule has 3 heterocycles. The number of aromatic nitrogens is 3. The van der Waals surface area contributed by atoms with Crippen molar-refractivity contribution in [3.8, 4) is 0 Å². The molecule has 0 aromatic carbocycles. The second-order valence-corrected chi connectivity index (χ2v) is 8.44. The van der Waals surface area contributed by atoms with E-state index in [2.05, 4.69) is 32.5 Å². The summed E-state index contributed by atoms with van der Waals surface area (Å²) in [6.07, 6.45) is 7.26. The smallest absolute Gasteiger partial charge is 0.250 e. The molecule has 1 saturated carbocycles. The van der Waals surface area contributed by atoms with Gasteiger partial charge < -0.3 is 10.6 Å². The number of hydrogen-bond acceptors (Lipinski definition) is 6. The minimum atomic E-state index is -2.38. The Labute approximate surface area is 167 Å². The number of piperidine rings is 1. The van der Waals surface area contributed by atoms with Gasteiger partial charge in [-0.25, -0.2) is 18.7 Å². The summed E-state index contributed by atoms with van der Waals surface area (Å²) >= 11 is 7.61. The number of alkyl halides is 2. The van der Waals surface area contributed by atoms with Crippen molar-refractivity contribution in [1.82, 2.24) is 20.3 Å². The van der Waals surface area contributed by atoms with Gasteiger partial charge in [0.05, 0.1) is 5.01 Å². The molecular weight excluding hydrogens is 392 g/mol. The second kappa shape index (κ2) is 9.39. The molecule has 0 atom stereocenters. The topological polar surface area (TPSA) is 62.7 Å². The molecular formula is C18H26ClF2N5S. The molecule has 0 radical (unpaired) electrons. The van der Waals surface area contributed by atoms with Crippen molar-refractivity contribution in [2.45, 2.75) is 70.3 Å². The zero-order valence-corrected chi connectivity index (χ0v) is 17.1. The lowest BCUT2D eigenvalue weighted by atomic mass is 9.95. The van der Waals surface area contributed by atoms with Gasteiger partial charge in [-0.05, 0) is 30.9 Å². The number of nitrogens with one attached hydrogen (secondary N) is 2. The van der Waals surface area contributed by atoms with E-state index < -0.39 is 5.92 Å². The Hall–Kier alpha value is -1.12. The lowest BCUT2D eigenvalue weighted by Crippen LogP contribution is -2.35. The Kier molecular flexibility index (Phi) is 7.16. The van der Waals surface area contributed by atoms with Gasteiger partial charge in [-0.2, -0.15) is 4.98 Å². The molecule has 150 valence electrons.